The van der Waals surface area contributed by atoms with Crippen LogP contribution in [0.4, 0.5) is 0 Å². The lowest BCUT2D eigenvalue weighted by Gasteiger charge is -2.35. The molecule has 1 N–H and O–H groups in total. The van der Waals surface area contributed by atoms with E-state index in [1.807, 2.05) is 6.92 Å². The maximum Gasteiger partial charge on any atom is 0.217 e. The van der Waals surface area contributed by atoms with Crippen LogP contribution in [0, 0.1) is 11.8 Å². The molecule has 3 atom stereocenters. The average molecular weight is 262 g/mol. The standard InChI is InChI=1S/C12H26N2O2S/c1-5-13-7-12(4)17(15,16)14-8-10(2)6-11(3)9-14/h10-13H,5-9H2,1-4H3. The molecule has 0 aromatic rings. The zero-order valence-electron chi connectivity index (χ0n) is 11.4. The van der Waals surface area contributed by atoms with Crippen molar-refractivity contribution in [3.63, 3.8) is 0 Å². The quantitative estimate of drug-likeness (QED) is 0.812. The number of nitrogens with one attached hydrogen (secondary N) is 1. The van der Waals surface area contributed by atoms with E-state index in [9.17, 15) is 8.42 Å². The van der Waals surface area contributed by atoms with Gasteiger partial charge in [0, 0.05) is 19.6 Å². The monoisotopic (exact) mass is 262 g/mol. The van der Waals surface area contributed by atoms with E-state index in [-0.39, 0.29) is 5.25 Å². The van der Waals surface area contributed by atoms with E-state index in [1.165, 1.54) is 0 Å². The highest BCUT2D eigenvalue weighted by Crippen LogP contribution is 2.24. The van der Waals surface area contributed by atoms with Crippen LogP contribution in [0.2, 0.25) is 0 Å². The van der Waals surface area contributed by atoms with E-state index < -0.39 is 10.0 Å². The van der Waals surface area contributed by atoms with Crippen molar-refractivity contribution in [3.8, 4) is 0 Å². The van der Waals surface area contributed by atoms with Gasteiger partial charge in [-0.3, -0.25) is 0 Å². The number of nitrogens with zero attached hydrogens (tertiary/aromatic N) is 1. The van der Waals surface area contributed by atoms with Gasteiger partial charge in [-0.1, -0.05) is 20.8 Å². The molecule has 4 nitrogen and oxygen atoms in total. The van der Waals surface area contributed by atoms with Crippen molar-refractivity contribution >= 4 is 10.0 Å². The Morgan fingerprint density at radius 1 is 1.29 bits per heavy atom. The van der Waals surface area contributed by atoms with Crippen LogP contribution in [0.15, 0.2) is 0 Å². The maximum atomic E-state index is 12.4. The Kier molecular flexibility index (Phi) is 5.41. The fourth-order valence-corrected chi connectivity index (χ4v) is 4.28. The number of sulfonamides is 1. The van der Waals surface area contributed by atoms with Crippen LogP contribution in [0.1, 0.15) is 34.1 Å². The molecule has 1 heterocycles. The summed E-state index contributed by atoms with van der Waals surface area (Å²) >= 11 is 0. The summed E-state index contributed by atoms with van der Waals surface area (Å²) < 4.78 is 26.4. The number of hydrogen-bond acceptors (Lipinski definition) is 3. The highest BCUT2D eigenvalue weighted by Gasteiger charge is 2.33. The van der Waals surface area contributed by atoms with Gasteiger partial charge >= 0.3 is 0 Å². The molecule has 1 rings (SSSR count). The second-order valence-electron chi connectivity index (χ2n) is 5.43. The van der Waals surface area contributed by atoms with Crippen molar-refractivity contribution in [3.05, 3.63) is 0 Å². The van der Waals surface area contributed by atoms with Gasteiger partial charge in [0.1, 0.15) is 0 Å². The van der Waals surface area contributed by atoms with Crippen LogP contribution in [0.3, 0.4) is 0 Å². The third-order valence-corrected chi connectivity index (χ3v) is 5.59. The Labute approximate surface area is 106 Å². The molecule has 0 radical (unpaired) electrons. The molecule has 0 amide bonds. The summed E-state index contributed by atoms with van der Waals surface area (Å²) in [6.07, 6.45) is 1.13. The van der Waals surface area contributed by atoms with Crippen molar-refractivity contribution in [2.75, 3.05) is 26.2 Å². The second kappa shape index (κ2) is 6.16. The minimum Gasteiger partial charge on any atom is -0.316 e. The van der Waals surface area contributed by atoms with Gasteiger partial charge in [0.15, 0.2) is 0 Å². The van der Waals surface area contributed by atoms with Crippen LogP contribution in [0.5, 0.6) is 0 Å². The van der Waals surface area contributed by atoms with E-state index in [1.54, 1.807) is 11.2 Å². The van der Waals surface area contributed by atoms with Gasteiger partial charge in [-0.05, 0) is 31.7 Å². The third kappa shape index (κ3) is 3.93. The molecule has 3 unspecified atom stereocenters. The van der Waals surface area contributed by atoms with Crippen LogP contribution in [-0.4, -0.2) is 44.2 Å². The zero-order chi connectivity index (χ0) is 13.1. The Hall–Kier alpha value is -0.130. The molecule has 1 aliphatic heterocycles. The number of piperidine rings is 1. The minimum atomic E-state index is -3.13. The first-order valence-electron chi connectivity index (χ1n) is 6.57. The largest absolute Gasteiger partial charge is 0.316 e. The second-order valence-corrected chi connectivity index (χ2v) is 7.78. The van der Waals surface area contributed by atoms with Crippen LogP contribution < -0.4 is 5.32 Å². The first-order valence-corrected chi connectivity index (χ1v) is 8.07. The van der Waals surface area contributed by atoms with Crippen molar-refractivity contribution in [1.29, 1.82) is 0 Å². The summed E-state index contributed by atoms with van der Waals surface area (Å²) in [7, 11) is -3.13. The van der Waals surface area contributed by atoms with E-state index in [2.05, 4.69) is 19.2 Å². The Bertz CT molecular complexity index is 319. The van der Waals surface area contributed by atoms with Gasteiger partial charge in [-0.2, -0.15) is 0 Å². The highest BCUT2D eigenvalue weighted by atomic mass is 32.2. The molecule has 5 heteroatoms. The zero-order valence-corrected chi connectivity index (χ0v) is 12.3. The molecule has 1 fully saturated rings. The molecule has 0 aromatic heterocycles. The SMILES string of the molecule is CCNCC(C)S(=O)(=O)N1CC(C)CC(C)C1. The van der Waals surface area contributed by atoms with E-state index >= 15 is 0 Å². The van der Waals surface area contributed by atoms with Crippen molar-refractivity contribution in [2.45, 2.75) is 39.4 Å². The van der Waals surface area contributed by atoms with E-state index in [4.69, 9.17) is 0 Å². The molecule has 0 saturated carbocycles. The van der Waals surface area contributed by atoms with Crippen molar-refractivity contribution in [2.24, 2.45) is 11.8 Å². The van der Waals surface area contributed by atoms with Crippen LogP contribution >= 0.6 is 0 Å². The van der Waals surface area contributed by atoms with Crippen molar-refractivity contribution in [1.82, 2.24) is 9.62 Å². The maximum absolute atomic E-state index is 12.4. The molecule has 1 saturated heterocycles. The van der Waals surface area contributed by atoms with Gasteiger partial charge in [-0.25, -0.2) is 12.7 Å². The molecule has 0 aliphatic carbocycles. The third-order valence-electron chi connectivity index (χ3n) is 3.39. The molecule has 0 aromatic carbocycles. The molecule has 0 spiro atoms. The summed E-state index contributed by atoms with van der Waals surface area (Å²) in [4.78, 5) is 0. The first kappa shape index (κ1) is 14.9. The summed E-state index contributed by atoms with van der Waals surface area (Å²) in [6, 6.07) is 0. The van der Waals surface area contributed by atoms with Gasteiger partial charge in [0.25, 0.3) is 0 Å². The van der Waals surface area contributed by atoms with Crippen molar-refractivity contribution < 1.29 is 8.42 Å². The molecular formula is C12H26N2O2S. The van der Waals surface area contributed by atoms with E-state index in [0.717, 1.165) is 13.0 Å². The predicted octanol–water partition coefficient (Wildman–Crippen LogP) is 1.29. The fourth-order valence-electron chi connectivity index (χ4n) is 2.52. The molecule has 0 bridgehead atoms. The summed E-state index contributed by atoms with van der Waals surface area (Å²) in [5, 5.41) is 2.78. The predicted molar refractivity (Wildman–Crippen MR) is 71.4 cm³/mol. The Morgan fingerprint density at radius 2 is 1.82 bits per heavy atom. The lowest BCUT2D eigenvalue weighted by Crippen LogP contribution is -2.48. The molecule has 1 aliphatic rings. The molecule has 17 heavy (non-hydrogen) atoms. The summed E-state index contributed by atoms with van der Waals surface area (Å²) in [5.41, 5.74) is 0. The van der Waals surface area contributed by atoms with Crippen LogP contribution in [-0.2, 0) is 10.0 Å². The van der Waals surface area contributed by atoms with Gasteiger partial charge in [0.2, 0.25) is 10.0 Å². The average Bonchev–Trinajstić information content (AvgIpc) is 2.24. The number of rotatable bonds is 5. The smallest absolute Gasteiger partial charge is 0.217 e. The molecule has 102 valence electrons. The van der Waals surface area contributed by atoms with Gasteiger partial charge < -0.3 is 5.32 Å². The van der Waals surface area contributed by atoms with E-state index in [0.29, 0.717) is 31.5 Å². The number of hydrogen-bond donors (Lipinski definition) is 1. The lowest BCUT2D eigenvalue weighted by molar-refractivity contribution is 0.221. The molecular weight excluding hydrogens is 236 g/mol. The Balaban J connectivity index is 2.68. The first-order chi connectivity index (χ1) is 7.87. The van der Waals surface area contributed by atoms with Gasteiger partial charge in [0.05, 0.1) is 5.25 Å². The summed E-state index contributed by atoms with van der Waals surface area (Å²) in [5.74, 6) is 0.944. The van der Waals surface area contributed by atoms with Crippen LogP contribution in [0.25, 0.3) is 0 Å². The minimum absolute atomic E-state index is 0.333. The normalized spacial score (nSPS) is 29.2. The Morgan fingerprint density at radius 3 is 2.29 bits per heavy atom. The lowest BCUT2D eigenvalue weighted by atomic mass is 9.94. The summed E-state index contributed by atoms with van der Waals surface area (Å²) in [6.45, 7) is 10.8. The topological polar surface area (TPSA) is 49.4 Å². The van der Waals surface area contributed by atoms with Gasteiger partial charge in [-0.15, -0.1) is 0 Å². The fraction of sp³-hybridized carbons (Fsp3) is 1.00. The highest BCUT2D eigenvalue weighted by molar-refractivity contribution is 7.89.